The van der Waals surface area contributed by atoms with Gasteiger partial charge in [-0.3, -0.25) is 14.4 Å². The summed E-state index contributed by atoms with van der Waals surface area (Å²) < 4.78 is 5.91. The van der Waals surface area contributed by atoms with Crippen LogP contribution in [-0.2, 0) is 9.59 Å². The number of hydrogen-bond donors (Lipinski definition) is 1. The number of ether oxygens (including phenoxy) is 1. The van der Waals surface area contributed by atoms with E-state index in [2.05, 4.69) is 5.32 Å². The van der Waals surface area contributed by atoms with Crippen molar-refractivity contribution in [3.8, 4) is 5.75 Å². The van der Waals surface area contributed by atoms with Gasteiger partial charge >= 0.3 is 0 Å². The standard InChI is InChI=1S/C27H33N3O4S/c1-29(2)27(33)23-17-30(21-13-7-8-14-22(21)34-23)26(32)20-12-6-9-15-24(20)35-18-25(31)28-16-19-10-4-3-5-11-19/h6-9,12-15,19,23H,3-5,10-11,16-18H2,1-2H3,(H,28,31)/t23-/m1/s1. The SMILES string of the molecule is CN(C)C(=O)[C@H]1CN(C(=O)c2ccccc2SCC(=O)NCC2CCCCC2)c2ccccc2O1. The van der Waals surface area contributed by atoms with Crippen LogP contribution in [0.5, 0.6) is 5.75 Å². The maximum absolute atomic E-state index is 13.7. The molecule has 1 N–H and O–H groups in total. The summed E-state index contributed by atoms with van der Waals surface area (Å²) in [6.45, 7) is 0.847. The van der Waals surface area contributed by atoms with Gasteiger partial charge in [0, 0.05) is 25.5 Å². The number of fused-ring (bicyclic) bond motifs is 1. The van der Waals surface area contributed by atoms with Crippen molar-refractivity contribution in [2.45, 2.75) is 43.1 Å². The number of carbonyl (C=O) groups is 3. The summed E-state index contributed by atoms with van der Waals surface area (Å²) in [5.74, 6) is 0.887. The molecule has 0 unspecified atom stereocenters. The molecule has 0 radical (unpaired) electrons. The summed E-state index contributed by atoms with van der Waals surface area (Å²) in [6.07, 6.45) is 5.37. The topological polar surface area (TPSA) is 79.0 Å². The van der Waals surface area contributed by atoms with Crippen LogP contribution in [0.3, 0.4) is 0 Å². The number of benzene rings is 2. The smallest absolute Gasteiger partial charge is 0.265 e. The number of hydrogen-bond acceptors (Lipinski definition) is 5. The molecule has 3 amide bonds. The van der Waals surface area contributed by atoms with Crippen LogP contribution in [-0.4, -0.2) is 61.7 Å². The zero-order chi connectivity index (χ0) is 24.8. The zero-order valence-corrected chi connectivity index (χ0v) is 21.2. The Hall–Kier alpha value is -3.00. The summed E-state index contributed by atoms with van der Waals surface area (Å²) in [6, 6.07) is 14.6. The van der Waals surface area contributed by atoms with Gasteiger partial charge in [-0.25, -0.2) is 0 Å². The number of likely N-dealkylation sites (N-methyl/N-ethyl adjacent to an activating group) is 1. The monoisotopic (exact) mass is 495 g/mol. The number of nitrogens with one attached hydrogen (secondary N) is 1. The third-order valence-corrected chi connectivity index (χ3v) is 7.60. The predicted octanol–water partition coefficient (Wildman–Crippen LogP) is 3.97. The first kappa shape index (κ1) is 25.1. The highest BCUT2D eigenvalue weighted by Gasteiger charge is 2.35. The Kier molecular flexibility index (Phi) is 8.33. The Morgan fingerprint density at radius 1 is 1.03 bits per heavy atom. The van der Waals surface area contributed by atoms with Crippen molar-refractivity contribution < 1.29 is 19.1 Å². The highest BCUT2D eigenvalue weighted by Crippen LogP contribution is 2.35. The molecule has 1 aliphatic heterocycles. The van der Waals surface area contributed by atoms with Crippen molar-refractivity contribution in [2.75, 3.05) is 37.8 Å². The molecular formula is C27H33N3O4S. The van der Waals surface area contributed by atoms with Gasteiger partial charge in [-0.1, -0.05) is 43.5 Å². The quantitative estimate of drug-likeness (QED) is 0.588. The Balaban J connectivity index is 1.46. The highest BCUT2D eigenvalue weighted by molar-refractivity contribution is 8.00. The third kappa shape index (κ3) is 6.17. The molecule has 0 bridgehead atoms. The number of thioether (sulfide) groups is 1. The lowest BCUT2D eigenvalue weighted by molar-refractivity contribution is -0.135. The molecule has 2 aromatic carbocycles. The fourth-order valence-corrected chi connectivity index (χ4v) is 5.48. The van der Waals surface area contributed by atoms with Crippen molar-refractivity contribution in [1.29, 1.82) is 0 Å². The summed E-state index contributed by atoms with van der Waals surface area (Å²) >= 11 is 1.36. The lowest BCUT2D eigenvalue weighted by Gasteiger charge is -2.35. The first-order chi connectivity index (χ1) is 16.9. The summed E-state index contributed by atoms with van der Waals surface area (Å²) in [5, 5.41) is 3.06. The second-order valence-electron chi connectivity index (χ2n) is 9.32. The van der Waals surface area contributed by atoms with Crippen molar-refractivity contribution in [2.24, 2.45) is 5.92 Å². The molecule has 1 aliphatic carbocycles. The minimum Gasteiger partial charge on any atom is -0.476 e. The molecule has 1 fully saturated rings. The molecule has 4 rings (SSSR count). The van der Waals surface area contributed by atoms with E-state index < -0.39 is 6.10 Å². The van der Waals surface area contributed by atoms with Crippen molar-refractivity contribution in [3.05, 3.63) is 54.1 Å². The number of para-hydroxylation sites is 2. The molecule has 0 spiro atoms. The van der Waals surface area contributed by atoms with E-state index >= 15 is 0 Å². The number of carbonyl (C=O) groups excluding carboxylic acids is 3. The lowest BCUT2D eigenvalue weighted by atomic mass is 9.89. The average Bonchev–Trinajstić information content (AvgIpc) is 2.90. The average molecular weight is 496 g/mol. The molecule has 1 atom stereocenters. The Bertz CT molecular complexity index is 1070. The van der Waals surface area contributed by atoms with Crippen LogP contribution in [0.1, 0.15) is 42.5 Å². The molecular weight excluding hydrogens is 462 g/mol. The van der Waals surface area contributed by atoms with Gasteiger partial charge in [0.05, 0.1) is 23.5 Å². The van der Waals surface area contributed by atoms with Crippen LogP contribution < -0.4 is 15.0 Å². The summed E-state index contributed by atoms with van der Waals surface area (Å²) in [7, 11) is 3.34. The molecule has 0 aromatic heterocycles. The van der Waals surface area contributed by atoms with E-state index in [4.69, 9.17) is 4.74 Å². The number of rotatable bonds is 7. The maximum Gasteiger partial charge on any atom is 0.265 e. The fraction of sp³-hybridized carbons (Fsp3) is 0.444. The second kappa shape index (κ2) is 11.6. The van der Waals surface area contributed by atoms with Crippen molar-refractivity contribution in [1.82, 2.24) is 10.2 Å². The van der Waals surface area contributed by atoms with Crippen LogP contribution in [0, 0.1) is 5.92 Å². The molecule has 1 heterocycles. The Morgan fingerprint density at radius 2 is 1.74 bits per heavy atom. The van der Waals surface area contributed by atoms with Gasteiger partial charge in [-0.05, 0) is 43.0 Å². The molecule has 0 saturated heterocycles. The van der Waals surface area contributed by atoms with E-state index in [1.54, 1.807) is 31.1 Å². The van der Waals surface area contributed by atoms with Gasteiger partial charge in [0.15, 0.2) is 6.10 Å². The van der Waals surface area contributed by atoms with E-state index in [0.29, 0.717) is 22.9 Å². The van der Waals surface area contributed by atoms with E-state index in [1.807, 2.05) is 36.4 Å². The van der Waals surface area contributed by atoms with E-state index in [9.17, 15) is 14.4 Å². The normalized spacial score (nSPS) is 17.8. The van der Waals surface area contributed by atoms with Crippen molar-refractivity contribution >= 4 is 35.2 Å². The third-order valence-electron chi connectivity index (χ3n) is 6.52. The van der Waals surface area contributed by atoms with E-state index in [-0.39, 0.29) is 30.0 Å². The van der Waals surface area contributed by atoms with Crippen LogP contribution >= 0.6 is 11.8 Å². The van der Waals surface area contributed by atoms with Crippen LogP contribution in [0.25, 0.3) is 0 Å². The first-order valence-electron chi connectivity index (χ1n) is 12.2. The Labute approximate surface area is 211 Å². The largest absolute Gasteiger partial charge is 0.476 e. The predicted molar refractivity (Wildman–Crippen MR) is 138 cm³/mol. The minimum absolute atomic E-state index is 0.0174. The van der Waals surface area contributed by atoms with E-state index in [1.165, 1.54) is 48.8 Å². The molecule has 186 valence electrons. The van der Waals surface area contributed by atoms with Gasteiger partial charge in [0.1, 0.15) is 5.75 Å². The van der Waals surface area contributed by atoms with Gasteiger partial charge in [0.2, 0.25) is 5.91 Å². The zero-order valence-electron chi connectivity index (χ0n) is 20.4. The van der Waals surface area contributed by atoms with Crippen LogP contribution in [0.4, 0.5) is 5.69 Å². The van der Waals surface area contributed by atoms with E-state index in [0.717, 1.165) is 11.4 Å². The highest BCUT2D eigenvalue weighted by atomic mass is 32.2. The van der Waals surface area contributed by atoms with Gasteiger partial charge < -0.3 is 19.9 Å². The van der Waals surface area contributed by atoms with Gasteiger partial charge in [-0.15, -0.1) is 11.8 Å². The van der Waals surface area contributed by atoms with Crippen molar-refractivity contribution in [3.63, 3.8) is 0 Å². The first-order valence-corrected chi connectivity index (χ1v) is 13.2. The number of amides is 3. The molecule has 35 heavy (non-hydrogen) atoms. The molecule has 7 nitrogen and oxygen atoms in total. The minimum atomic E-state index is -0.783. The second-order valence-corrected chi connectivity index (χ2v) is 10.3. The van der Waals surface area contributed by atoms with Crippen LogP contribution in [0.15, 0.2) is 53.4 Å². The number of anilines is 1. The number of nitrogens with zero attached hydrogens (tertiary/aromatic N) is 2. The maximum atomic E-state index is 13.7. The molecule has 8 heteroatoms. The fourth-order valence-electron chi connectivity index (χ4n) is 4.60. The van der Waals surface area contributed by atoms with Crippen LogP contribution in [0.2, 0.25) is 0 Å². The molecule has 2 aromatic rings. The summed E-state index contributed by atoms with van der Waals surface area (Å²) in [4.78, 5) is 42.7. The summed E-state index contributed by atoms with van der Waals surface area (Å²) in [5.41, 5.74) is 1.13. The van der Waals surface area contributed by atoms with Gasteiger partial charge in [0.25, 0.3) is 11.8 Å². The molecule has 1 saturated carbocycles. The Morgan fingerprint density at radius 3 is 2.51 bits per heavy atom. The lowest BCUT2D eigenvalue weighted by Crippen LogP contribution is -2.50. The molecule has 2 aliphatic rings. The van der Waals surface area contributed by atoms with Gasteiger partial charge in [-0.2, -0.15) is 0 Å².